The lowest BCUT2D eigenvalue weighted by Crippen LogP contribution is -2.43. The first-order valence-electron chi connectivity index (χ1n) is 12.7. The van der Waals surface area contributed by atoms with Crippen molar-refractivity contribution in [2.45, 2.75) is 38.5 Å². The van der Waals surface area contributed by atoms with Gasteiger partial charge < -0.3 is 24.4 Å². The number of hydrogen-bond donors (Lipinski definition) is 1. The van der Waals surface area contributed by atoms with E-state index >= 15 is 0 Å². The van der Waals surface area contributed by atoms with E-state index in [1.807, 2.05) is 24.3 Å². The first kappa shape index (κ1) is 23.5. The molecule has 0 saturated carbocycles. The molecule has 0 aliphatic carbocycles. The Balaban J connectivity index is 1.21. The van der Waals surface area contributed by atoms with Crippen LogP contribution in [0.2, 0.25) is 0 Å². The second-order valence-electron chi connectivity index (χ2n) is 9.45. The molecule has 1 N–H and O–H groups in total. The van der Waals surface area contributed by atoms with Crippen LogP contribution >= 0.6 is 0 Å². The van der Waals surface area contributed by atoms with E-state index in [-0.39, 0.29) is 11.8 Å². The van der Waals surface area contributed by atoms with Gasteiger partial charge in [-0.15, -0.1) is 0 Å². The van der Waals surface area contributed by atoms with E-state index in [0.29, 0.717) is 11.4 Å². The summed E-state index contributed by atoms with van der Waals surface area (Å²) < 4.78 is 10.8. The number of methoxy groups -OCH3 is 1. The third-order valence-corrected chi connectivity index (χ3v) is 7.21. The SMILES string of the molecule is COc1ccc(-c2noc3ncnc(N4CCC(C(=O)NCCN5CCCCCC5)CC4)c23)cc1. The van der Waals surface area contributed by atoms with Crippen LogP contribution in [-0.2, 0) is 4.79 Å². The smallest absolute Gasteiger partial charge is 0.263 e. The molecule has 3 aromatic rings. The maximum Gasteiger partial charge on any atom is 0.263 e. The van der Waals surface area contributed by atoms with Crippen LogP contribution in [0.1, 0.15) is 38.5 Å². The van der Waals surface area contributed by atoms with Gasteiger partial charge in [0.05, 0.1) is 7.11 Å². The molecule has 1 aromatic carbocycles. The van der Waals surface area contributed by atoms with Crippen molar-refractivity contribution in [3.8, 4) is 17.0 Å². The van der Waals surface area contributed by atoms with E-state index in [0.717, 1.165) is 74.6 Å². The van der Waals surface area contributed by atoms with Gasteiger partial charge in [0.2, 0.25) is 5.91 Å². The number of benzene rings is 1. The number of amides is 1. The Labute approximate surface area is 205 Å². The van der Waals surface area contributed by atoms with E-state index in [1.54, 1.807) is 7.11 Å². The van der Waals surface area contributed by atoms with Crippen LogP contribution in [-0.4, -0.2) is 72.3 Å². The van der Waals surface area contributed by atoms with Gasteiger partial charge in [0, 0.05) is 37.7 Å². The molecule has 35 heavy (non-hydrogen) atoms. The lowest BCUT2D eigenvalue weighted by atomic mass is 9.95. The monoisotopic (exact) mass is 478 g/mol. The molecule has 9 heteroatoms. The molecule has 2 aliphatic heterocycles. The molecule has 0 spiro atoms. The number of ether oxygens (including phenoxy) is 1. The molecule has 4 heterocycles. The lowest BCUT2D eigenvalue weighted by molar-refractivity contribution is -0.125. The number of hydrogen-bond acceptors (Lipinski definition) is 8. The summed E-state index contributed by atoms with van der Waals surface area (Å²) in [6.07, 6.45) is 8.31. The van der Waals surface area contributed by atoms with Gasteiger partial charge >= 0.3 is 0 Å². The highest BCUT2D eigenvalue weighted by molar-refractivity contribution is 5.98. The zero-order valence-corrected chi connectivity index (χ0v) is 20.4. The van der Waals surface area contributed by atoms with Crippen molar-refractivity contribution in [1.82, 2.24) is 25.3 Å². The summed E-state index contributed by atoms with van der Waals surface area (Å²) in [6, 6.07) is 7.71. The summed E-state index contributed by atoms with van der Waals surface area (Å²) in [7, 11) is 1.65. The van der Waals surface area contributed by atoms with Gasteiger partial charge in [-0.25, -0.2) is 4.98 Å². The fourth-order valence-electron chi connectivity index (χ4n) is 5.15. The maximum atomic E-state index is 12.8. The van der Waals surface area contributed by atoms with Crippen LogP contribution in [0.15, 0.2) is 35.1 Å². The number of carbonyl (C=O) groups is 1. The minimum Gasteiger partial charge on any atom is -0.497 e. The Kier molecular flexibility index (Phi) is 7.42. The molecule has 0 atom stereocenters. The highest BCUT2D eigenvalue weighted by Crippen LogP contribution is 2.35. The molecular weight excluding hydrogens is 444 g/mol. The van der Waals surface area contributed by atoms with E-state index in [4.69, 9.17) is 9.26 Å². The maximum absolute atomic E-state index is 12.8. The highest BCUT2D eigenvalue weighted by atomic mass is 16.5. The van der Waals surface area contributed by atoms with Crippen LogP contribution in [0.4, 0.5) is 5.82 Å². The van der Waals surface area contributed by atoms with Gasteiger partial charge in [0.25, 0.3) is 5.71 Å². The quantitative estimate of drug-likeness (QED) is 0.551. The second kappa shape index (κ2) is 11.0. The van der Waals surface area contributed by atoms with Crippen molar-refractivity contribution in [1.29, 1.82) is 0 Å². The third kappa shape index (κ3) is 5.40. The van der Waals surface area contributed by atoms with E-state index < -0.39 is 0 Å². The average molecular weight is 479 g/mol. The summed E-state index contributed by atoms with van der Waals surface area (Å²) >= 11 is 0. The third-order valence-electron chi connectivity index (χ3n) is 7.21. The fraction of sp³-hybridized carbons (Fsp3) is 0.538. The van der Waals surface area contributed by atoms with Crippen LogP contribution < -0.4 is 15.0 Å². The molecule has 2 fully saturated rings. The van der Waals surface area contributed by atoms with Crippen molar-refractivity contribution < 1.29 is 14.1 Å². The van der Waals surface area contributed by atoms with Gasteiger partial charge in [-0.05, 0) is 63.0 Å². The molecule has 0 radical (unpaired) electrons. The largest absolute Gasteiger partial charge is 0.497 e. The van der Waals surface area contributed by atoms with Crippen molar-refractivity contribution in [2.75, 3.05) is 51.3 Å². The predicted octanol–water partition coefficient (Wildman–Crippen LogP) is 3.50. The van der Waals surface area contributed by atoms with Gasteiger partial charge in [0.15, 0.2) is 0 Å². The molecule has 2 aliphatic rings. The number of nitrogens with one attached hydrogen (secondary N) is 1. The standard InChI is InChI=1S/C26H34N6O3/c1-34-21-8-6-19(7-9-21)23-22-24(28-18-29-26(22)35-30-23)32-15-10-20(11-16-32)25(33)27-12-17-31-13-4-2-3-5-14-31/h6-9,18,20H,2-5,10-17H2,1H3,(H,27,33). The van der Waals surface area contributed by atoms with Gasteiger partial charge in [-0.1, -0.05) is 18.0 Å². The number of aromatic nitrogens is 3. The van der Waals surface area contributed by atoms with Crippen LogP contribution in [0.25, 0.3) is 22.4 Å². The molecule has 2 aromatic heterocycles. The lowest BCUT2D eigenvalue weighted by Gasteiger charge is -2.32. The number of anilines is 1. The van der Waals surface area contributed by atoms with Gasteiger partial charge in [0.1, 0.15) is 29.0 Å². The van der Waals surface area contributed by atoms with E-state index in [1.165, 1.54) is 32.0 Å². The van der Waals surface area contributed by atoms with Gasteiger partial charge in [-0.2, -0.15) is 4.98 Å². The Hall–Kier alpha value is -3.20. The normalized spacial score (nSPS) is 17.9. The highest BCUT2D eigenvalue weighted by Gasteiger charge is 2.28. The summed E-state index contributed by atoms with van der Waals surface area (Å²) in [5, 5.41) is 8.27. The van der Waals surface area contributed by atoms with Crippen molar-refractivity contribution in [3.05, 3.63) is 30.6 Å². The van der Waals surface area contributed by atoms with Crippen LogP contribution in [0, 0.1) is 5.92 Å². The van der Waals surface area contributed by atoms with Crippen LogP contribution in [0.3, 0.4) is 0 Å². The Morgan fingerprint density at radius 3 is 2.51 bits per heavy atom. The first-order valence-corrected chi connectivity index (χ1v) is 12.7. The first-order chi connectivity index (χ1) is 17.2. The Bertz CT molecular complexity index is 1120. The number of likely N-dealkylation sites (tertiary alicyclic amines) is 1. The molecule has 0 bridgehead atoms. The summed E-state index contributed by atoms with van der Waals surface area (Å²) in [4.78, 5) is 26.4. The number of carbonyl (C=O) groups excluding carboxylic acids is 1. The summed E-state index contributed by atoms with van der Waals surface area (Å²) in [5.74, 6) is 1.80. The zero-order valence-electron chi connectivity index (χ0n) is 20.4. The molecule has 1 amide bonds. The summed E-state index contributed by atoms with van der Waals surface area (Å²) in [6.45, 7) is 5.50. The van der Waals surface area contributed by atoms with E-state index in [9.17, 15) is 4.79 Å². The Morgan fingerprint density at radius 2 is 1.80 bits per heavy atom. The fourth-order valence-corrected chi connectivity index (χ4v) is 5.15. The minimum absolute atomic E-state index is 0.0382. The molecule has 186 valence electrons. The number of rotatable bonds is 7. The average Bonchev–Trinajstić information content (AvgIpc) is 3.17. The van der Waals surface area contributed by atoms with E-state index in [2.05, 4.69) is 30.2 Å². The number of nitrogens with zero attached hydrogens (tertiary/aromatic N) is 5. The second-order valence-corrected chi connectivity index (χ2v) is 9.45. The number of piperidine rings is 1. The molecule has 9 nitrogen and oxygen atoms in total. The molecule has 0 unspecified atom stereocenters. The van der Waals surface area contributed by atoms with Crippen molar-refractivity contribution in [2.24, 2.45) is 5.92 Å². The zero-order chi connectivity index (χ0) is 24.0. The molecular formula is C26H34N6O3. The minimum atomic E-state index is 0.0382. The van der Waals surface area contributed by atoms with Crippen LogP contribution in [0.5, 0.6) is 5.75 Å². The van der Waals surface area contributed by atoms with Crippen molar-refractivity contribution in [3.63, 3.8) is 0 Å². The Morgan fingerprint density at radius 1 is 1.06 bits per heavy atom. The topological polar surface area (TPSA) is 96.6 Å². The predicted molar refractivity (Wildman–Crippen MR) is 134 cm³/mol. The van der Waals surface area contributed by atoms with Crippen molar-refractivity contribution >= 4 is 22.8 Å². The summed E-state index contributed by atoms with van der Waals surface area (Å²) in [5.41, 5.74) is 2.10. The number of fused-ring (bicyclic) bond motifs is 1. The molecule has 5 rings (SSSR count). The molecule has 2 saturated heterocycles. The van der Waals surface area contributed by atoms with Gasteiger partial charge in [-0.3, -0.25) is 4.79 Å².